The van der Waals surface area contributed by atoms with Crippen molar-refractivity contribution in [2.45, 2.75) is 19.3 Å². The van der Waals surface area contributed by atoms with E-state index >= 15 is 0 Å². The monoisotopic (exact) mass is 271 g/mol. The average Bonchev–Trinajstić information content (AvgIpc) is 2.12. The van der Waals surface area contributed by atoms with E-state index < -0.39 is 40.5 Å². The summed E-state index contributed by atoms with van der Waals surface area (Å²) in [6.07, 6.45) is -9.79. The van der Waals surface area contributed by atoms with Crippen LogP contribution in [-0.2, 0) is 12.4 Å². The molecule has 0 atom stereocenters. The van der Waals surface area contributed by atoms with Crippen molar-refractivity contribution in [3.63, 3.8) is 0 Å². The molecule has 0 aromatic heterocycles. The lowest BCUT2D eigenvalue weighted by Gasteiger charge is -2.16. The van der Waals surface area contributed by atoms with Gasteiger partial charge in [0.1, 0.15) is 0 Å². The molecule has 0 saturated carbocycles. The third-order valence-electron chi connectivity index (χ3n) is 2.21. The molecule has 0 saturated heterocycles. The summed E-state index contributed by atoms with van der Waals surface area (Å²) >= 11 is 0. The first-order valence-electron chi connectivity index (χ1n) is 4.53. The highest BCUT2D eigenvalue weighted by Gasteiger charge is 2.39. The van der Waals surface area contributed by atoms with Gasteiger partial charge in [-0.25, -0.2) is 0 Å². The van der Waals surface area contributed by atoms with E-state index in [1.807, 2.05) is 0 Å². The summed E-state index contributed by atoms with van der Waals surface area (Å²) in [6, 6.07) is 0.438. The zero-order chi connectivity index (χ0) is 14.3. The van der Waals surface area contributed by atoms with Crippen LogP contribution in [-0.4, -0.2) is 5.91 Å². The lowest BCUT2D eigenvalue weighted by Crippen LogP contribution is -2.22. The van der Waals surface area contributed by atoms with Crippen LogP contribution in [0.1, 0.15) is 27.0 Å². The Kier molecular flexibility index (Phi) is 3.33. The molecule has 1 aromatic carbocycles. The molecule has 0 spiro atoms. The Balaban J connectivity index is 3.62. The topological polar surface area (TPSA) is 43.1 Å². The Morgan fingerprint density at radius 3 is 1.89 bits per heavy atom. The van der Waals surface area contributed by atoms with Gasteiger partial charge in [0.25, 0.3) is 0 Å². The van der Waals surface area contributed by atoms with E-state index in [-0.39, 0.29) is 6.07 Å². The lowest BCUT2D eigenvalue weighted by atomic mass is 9.97. The highest BCUT2D eigenvalue weighted by atomic mass is 19.4. The van der Waals surface area contributed by atoms with Crippen molar-refractivity contribution >= 4 is 5.91 Å². The minimum atomic E-state index is -4.95. The van der Waals surface area contributed by atoms with Gasteiger partial charge in [0, 0.05) is 0 Å². The van der Waals surface area contributed by atoms with Crippen molar-refractivity contribution in [3.05, 3.63) is 34.4 Å². The van der Waals surface area contributed by atoms with Gasteiger partial charge < -0.3 is 5.73 Å². The van der Waals surface area contributed by atoms with Crippen molar-refractivity contribution in [3.8, 4) is 0 Å². The number of alkyl halides is 6. The van der Waals surface area contributed by atoms with Crippen LogP contribution in [0.25, 0.3) is 0 Å². The summed E-state index contributed by atoms with van der Waals surface area (Å²) in [4.78, 5) is 10.9. The molecule has 0 fully saturated rings. The summed E-state index contributed by atoms with van der Waals surface area (Å²) in [6.45, 7) is 0.838. The molecule has 0 radical (unpaired) electrons. The molecule has 1 rings (SSSR count). The molecule has 0 aliphatic heterocycles. The second-order valence-corrected chi connectivity index (χ2v) is 3.58. The number of carbonyl (C=O) groups is 1. The fourth-order valence-corrected chi connectivity index (χ4v) is 1.52. The number of hydrogen-bond donors (Lipinski definition) is 1. The third-order valence-corrected chi connectivity index (χ3v) is 2.21. The average molecular weight is 271 g/mol. The van der Waals surface area contributed by atoms with E-state index in [1.165, 1.54) is 0 Å². The summed E-state index contributed by atoms with van der Waals surface area (Å²) in [5, 5.41) is 0. The van der Waals surface area contributed by atoms with Gasteiger partial charge in [-0.2, -0.15) is 26.3 Å². The van der Waals surface area contributed by atoms with E-state index in [2.05, 4.69) is 5.73 Å². The molecular weight excluding hydrogens is 264 g/mol. The molecule has 2 N–H and O–H groups in total. The molecule has 100 valence electrons. The standard InChI is InChI=1S/C10H7F6NO/c1-4-2-5(9(11,12)13)3-6(8(17)18)7(4)10(14,15)16/h2-3H,1H3,(H2,17,18). The Morgan fingerprint density at radius 2 is 1.56 bits per heavy atom. The van der Waals surface area contributed by atoms with Crippen molar-refractivity contribution in [1.82, 2.24) is 0 Å². The smallest absolute Gasteiger partial charge is 0.366 e. The van der Waals surface area contributed by atoms with E-state index in [1.54, 1.807) is 0 Å². The maximum atomic E-state index is 12.6. The highest BCUT2D eigenvalue weighted by Crippen LogP contribution is 2.38. The highest BCUT2D eigenvalue weighted by molar-refractivity contribution is 5.95. The van der Waals surface area contributed by atoms with Gasteiger partial charge in [0.05, 0.1) is 16.7 Å². The molecular formula is C10H7F6NO. The SMILES string of the molecule is Cc1cc(C(F)(F)F)cc(C(N)=O)c1C(F)(F)F. The van der Waals surface area contributed by atoms with Crippen LogP contribution in [0.2, 0.25) is 0 Å². The molecule has 1 aromatic rings. The first kappa shape index (κ1) is 14.3. The number of amides is 1. The third kappa shape index (κ3) is 2.74. The molecule has 18 heavy (non-hydrogen) atoms. The fraction of sp³-hybridized carbons (Fsp3) is 0.300. The molecule has 0 bridgehead atoms. The minimum absolute atomic E-state index is 0.109. The summed E-state index contributed by atoms with van der Waals surface area (Å²) in [7, 11) is 0. The van der Waals surface area contributed by atoms with Gasteiger partial charge in [0.2, 0.25) is 5.91 Å². The molecule has 8 heteroatoms. The number of rotatable bonds is 1. The first-order chi connectivity index (χ1) is 7.94. The van der Waals surface area contributed by atoms with E-state index in [0.717, 1.165) is 6.92 Å². The van der Waals surface area contributed by atoms with Gasteiger partial charge >= 0.3 is 12.4 Å². The van der Waals surface area contributed by atoms with Crippen molar-refractivity contribution < 1.29 is 31.1 Å². The molecule has 0 aliphatic carbocycles. The Morgan fingerprint density at radius 1 is 1.06 bits per heavy atom. The molecule has 1 amide bonds. The van der Waals surface area contributed by atoms with Gasteiger partial charge in [-0.15, -0.1) is 0 Å². The number of hydrogen-bond acceptors (Lipinski definition) is 1. The maximum absolute atomic E-state index is 12.6. The second kappa shape index (κ2) is 4.18. The first-order valence-corrected chi connectivity index (χ1v) is 4.53. The van der Waals surface area contributed by atoms with Crippen LogP contribution in [0.5, 0.6) is 0 Å². The number of halogens is 6. The summed E-state index contributed by atoms with van der Waals surface area (Å²) in [5.41, 5.74) is 0.0108. The van der Waals surface area contributed by atoms with Gasteiger partial charge in [-0.3, -0.25) is 4.79 Å². The molecule has 0 unspecified atom stereocenters. The van der Waals surface area contributed by atoms with Crippen molar-refractivity contribution in [1.29, 1.82) is 0 Å². The lowest BCUT2D eigenvalue weighted by molar-refractivity contribution is -0.142. The minimum Gasteiger partial charge on any atom is -0.366 e. The van der Waals surface area contributed by atoms with E-state index in [9.17, 15) is 31.1 Å². The number of benzene rings is 1. The van der Waals surface area contributed by atoms with Crippen LogP contribution in [0.4, 0.5) is 26.3 Å². The predicted molar refractivity (Wildman–Crippen MR) is 49.7 cm³/mol. The number of aryl methyl sites for hydroxylation is 1. The van der Waals surface area contributed by atoms with Crippen molar-refractivity contribution in [2.24, 2.45) is 5.73 Å². The summed E-state index contributed by atoms with van der Waals surface area (Å²) in [5.74, 6) is -1.56. The quantitative estimate of drug-likeness (QED) is 0.783. The van der Waals surface area contributed by atoms with E-state index in [4.69, 9.17) is 0 Å². The summed E-state index contributed by atoms with van der Waals surface area (Å²) < 4.78 is 75.0. The van der Waals surface area contributed by atoms with Crippen molar-refractivity contribution in [2.75, 3.05) is 0 Å². The van der Waals surface area contributed by atoms with Crippen LogP contribution in [0.15, 0.2) is 12.1 Å². The van der Waals surface area contributed by atoms with Crippen LogP contribution >= 0.6 is 0 Å². The van der Waals surface area contributed by atoms with Crippen LogP contribution in [0.3, 0.4) is 0 Å². The Labute approximate surface area is 97.4 Å². The number of primary amides is 1. The normalized spacial score (nSPS) is 12.6. The largest absolute Gasteiger partial charge is 0.417 e. The predicted octanol–water partition coefficient (Wildman–Crippen LogP) is 3.13. The fourth-order valence-electron chi connectivity index (χ4n) is 1.52. The molecule has 0 heterocycles. The van der Waals surface area contributed by atoms with Crippen LogP contribution in [0, 0.1) is 6.92 Å². The van der Waals surface area contributed by atoms with Gasteiger partial charge in [-0.1, -0.05) is 0 Å². The van der Waals surface area contributed by atoms with Gasteiger partial charge in [0.15, 0.2) is 0 Å². The zero-order valence-corrected chi connectivity index (χ0v) is 8.91. The number of nitrogens with two attached hydrogens (primary N) is 1. The van der Waals surface area contributed by atoms with Crippen LogP contribution < -0.4 is 5.73 Å². The second-order valence-electron chi connectivity index (χ2n) is 3.58. The molecule has 0 aliphatic rings. The Bertz CT molecular complexity index is 488. The van der Waals surface area contributed by atoms with E-state index in [0.29, 0.717) is 6.07 Å². The Hall–Kier alpha value is -1.73. The number of carbonyl (C=O) groups excluding carboxylic acids is 1. The van der Waals surface area contributed by atoms with Gasteiger partial charge in [-0.05, 0) is 24.6 Å². The zero-order valence-electron chi connectivity index (χ0n) is 8.91. The maximum Gasteiger partial charge on any atom is 0.417 e. The molecule has 2 nitrogen and oxygen atoms in total.